The van der Waals surface area contributed by atoms with Gasteiger partial charge in [-0.1, -0.05) is 4.48 Å². The molecular formula is C10H10BrFN2O2. The highest BCUT2D eigenvalue weighted by Gasteiger charge is 2.09. The maximum Gasteiger partial charge on any atom is 0.359 e. The Morgan fingerprint density at radius 3 is 3.12 bits per heavy atom. The number of hydrogen-bond donors (Lipinski definition) is 0. The van der Waals surface area contributed by atoms with E-state index in [2.05, 4.69) is 20.9 Å². The fourth-order valence-corrected chi connectivity index (χ4v) is 1.25. The second-order valence-corrected chi connectivity index (χ2v) is 3.63. The van der Waals surface area contributed by atoms with Crippen LogP contribution in [-0.4, -0.2) is 22.3 Å². The van der Waals surface area contributed by atoms with Crippen LogP contribution < -0.4 is 0 Å². The van der Waals surface area contributed by atoms with Crippen molar-refractivity contribution in [2.45, 2.75) is 6.92 Å². The molecule has 4 nitrogen and oxygen atoms in total. The van der Waals surface area contributed by atoms with Crippen LogP contribution in [-0.2, 0) is 4.74 Å². The second-order valence-electron chi connectivity index (χ2n) is 2.72. The predicted molar refractivity (Wildman–Crippen MR) is 60.0 cm³/mol. The number of carbonyl (C=O) groups excluding carboxylic acids is 1. The van der Waals surface area contributed by atoms with Gasteiger partial charge in [0, 0.05) is 10.7 Å². The Balaban J connectivity index is 3.29. The molecule has 0 spiro atoms. The highest BCUT2D eigenvalue weighted by Crippen LogP contribution is 2.07. The molecule has 0 amide bonds. The van der Waals surface area contributed by atoms with Crippen LogP contribution in [0.1, 0.15) is 17.4 Å². The van der Waals surface area contributed by atoms with Crippen molar-refractivity contribution in [2.75, 3.05) is 6.61 Å². The molecule has 1 aromatic rings. The van der Waals surface area contributed by atoms with Crippen molar-refractivity contribution in [3.05, 3.63) is 40.9 Å². The molecule has 0 atom stereocenters. The van der Waals surface area contributed by atoms with E-state index in [1.165, 1.54) is 6.20 Å². The van der Waals surface area contributed by atoms with Crippen LogP contribution in [0.3, 0.4) is 0 Å². The van der Waals surface area contributed by atoms with Crippen molar-refractivity contribution in [2.24, 2.45) is 0 Å². The summed E-state index contributed by atoms with van der Waals surface area (Å²) in [4.78, 5) is 15.3. The third-order valence-corrected chi connectivity index (χ3v) is 2.04. The van der Waals surface area contributed by atoms with E-state index in [9.17, 15) is 9.28 Å². The molecule has 1 aromatic heterocycles. The van der Waals surface area contributed by atoms with E-state index in [0.717, 1.165) is 12.4 Å². The van der Waals surface area contributed by atoms with E-state index in [-0.39, 0.29) is 17.1 Å². The molecule has 1 heterocycles. The Labute approximate surface area is 100 Å². The average Bonchev–Trinajstić information content (AvgIpc) is 2.29. The zero-order valence-electron chi connectivity index (χ0n) is 8.56. The van der Waals surface area contributed by atoms with E-state index in [0.29, 0.717) is 4.47 Å². The number of halogens is 2. The SMILES string of the molecule is CCOC(=O)c1cncccc(Br)cn1F. The van der Waals surface area contributed by atoms with Gasteiger partial charge in [0.05, 0.1) is 19.0 Å². The quantitative estimate of drug-likeness (QED) is 0.786. The van der Waals surface area contributed by atoms with Crippen molar-refractivity contribution in [1.29, 1.82) is 0 Å². The molecule has 0 aromatic carbocycles. The number of carbonyl (C=O) groups is 1. The van der Waals surface area contributed by atoms with Crippen LogP contribution in [0.5, 0.6) is 0 Å². The van der Waals surface area contributed by atoms with Gasteiger partial charge in [0.25, 0.3) is 0 Å². The van der Waals surface area contributed by atoms with E-state index in [1.807, 2.05) is 0 Å². The number of ether oxygens (including phenoxy) is 1. The largest absolute Gasteiger partial charge is 0.461 e. The van der Waals surface area contributed by atoms with Crippen molar-refractivity contribution < 1.29 is 14.0 Å². The average molecular weight is 289 g/mol. The normalized spacial score (nSPS) is 9.44. The van der Waals surface area contributed by atoms with Gasteiger partial charge in [-0.25, -0.2) is 4.79 Å². The molecule has 1 rings (SSSR count). The van der Waals surface area contributed by atoms with E-state index in [4.69, 9.17) is 4.74 Å². The lowest BCUT2D eigenvalue weighted by Crippen LogP contribution is -2.09. The topological polar surface area (TPSA) is 44.1 Å². The number of esters is 1. The molecule has 0 aliphatic rings. The van der Waals surface area contributed by atoms with Gasteiger partial charge in [-0.15, -0.1) is 0 Å². The highest BCUT2D eigenvalue weighted by molar-refractivity contribution is 9.10. The summed E-state index contributed by atoms with van der Waals surface area (Å²) < 4.78 is 18.7. The zero-order valence-corrected chi connectivity index (χ0v) is 10.1. The van der Waals surface area contributed by atoms with E-state index >= 15 is 0 Å². The van der Waals surface area contributed by atoms with Crippen molar-refractivity contribution in [3.63, 3.8) is 0 Å². The molecule has 0 aliphatic carbocycles. The standard InChI is InChI=1S/C10H10BrFN2O2/c1-2-16-10(15)9-6-13-5-3-4-8(11)7-14(9)12/h3-7H,2H2,1H3. The summed E-state index contributed by atoms with van der Waals surface area (Å²) >= 11 is 3.12. The van der Waals surface area contributed by atoms with Gasteiger partial charge in [0.1, 0.15) is 0 Å². The van der Waals surface area contributed by atoms with Crippen molar-refractivity contribution >= 4 is 21.9 Å². The molecular weight excluding hydrogens is 279 g/mol. The van der Waals surface area contributed by atoms with Gasteiger partial charge >= 0.3 is 5.97 Å². The van der Waals surface area contributed by atoms with Crippen LogP contribution in [0.2, 0.25) is 0 Å². The number of rotatable bonds is 2. The van der Waals surface area contributed by atoms with Gasteiger partial charge in [0.2, 0.25) is 0 Å². The van der Waals surface area contributed by atoms with Gasteiger partial charge in [-0.3, -0.25) is 4.98 Å². The smallest absolute Gasteiger partial charge is 0.359 e. The Morgan fingerprint density at radius 1 is 1.69 bits per heavy atom. The van der Waals surface area contributed by atoms with Gasteiger partial charge in [0.15, 0.2) is 5.69 Å². The number of nitrogens with zero attached hydrogens (tertiary/aromatic N) is 2. The Kier molecular flexibility index (Phi) is 4.91. The molecule has 0 bridgehead atoms. The van der Waals surface area contributed by atoms with Gasteiger partial charge in [-0.2, -0.15) is 4.79 Å². The Hall–Kier alpha value is -1.43. The molecule has 16 heavy (non-hydrogen) atoms. The molecule has 0 aliphatic heterocycles. The fraction of sp³-hybridized carbons (Fsp3) is 0.200. The van der Waals surface area contributed by atoms with Crippen molar-refractivity contribution in [3.8, 4) is 0 Å². The Morgan fingerprint density at radius 2 is 2.44 bits per heavy atom. The molecule has 86 valence electrons. The summed E-state index contributed by atoms with van der Waals surface area (Å²) in [6.45, 7) is 1.82. The summed E-state index contributed by atoms with van der Waals surface area (Å²) in [6.07, 6.45) is 3.64. The van der Waals surface area contributed by atoms with Crippen LogP contribution in [0, 0.1) is 0 Å². The fourth-order valence-electron chi connectivity index (χ4n) is 0.919. The first-order valence-corrected chi connectivity index (χ1v) is 5.34. The zero-order chi connectivity index (χ0) is 12.0. The van der Waals surface area contributed by atoms with E-state index < -0.39 is 5.97 Å². The lowest BCUT2D eigenvalue weighted by molar-refractivity contribution is 0.0499. The number of aromatic nitrogens is 2. The summed E-state index contributed by atoms with van der Waals surface area (Å²) in [6, 6.07) is 3.21. The van der Waals surface area contributed by atoms with Crippen LogP contribution in [0.25, 0.3) is 0 Å². The third kappa shape index (κ3) is 3.62. The number of hydrogen-bond acceptors (Lipinski definition) is 3. The van der Waals surface area contributed by atoms with Gasteiger partial charge in [-0.05, 0) is 35.0 Å². The first-order chi connectivity index (χ1) is 7.65. The highest BCUT2D eigenvalue weighted by atomic mass is 79.9. The Bertz CT molecular complexity index is 433. The first-order valence-electron chi connectivity index (χ1n) is 4.54. The maximum atomic E-state index is 13.5. The second kappa shape index (κ2) is 6.22. The summed E-state index contributed by atoms with van der Waals surface area (Å²) in [5, 5.41) is 0. The lowest BCUT2D eigenvalue weighted by Gasteiger charge is -2.01. The molecule has 0 fully saturated rings. The minimum absolute atomic E-state index is 0.162. The van der Waals surface area contributed by atoms with Crippen LogP contribution in [0.15, 0.2) is 35.2 Å². The molecule has 0 radical (unpaired) electrons. The predicted octanol–water partition coefficient (Wildman–Crippen LogP) is 2.68. The summed E-state index contributed by atoms with van der Waals surface area (Å²) in [7, 11) is 0. The molecule has 0 unspecified atom stereocenters. The van der Waals surface area contributed by atoms with E-state index in [1.54, 1.807) is 19.1 Å². The molecule has 6 heteroatoms. The molecule has 0 saturated carbocycles. The van der Waals surface area contributed by atoms with Crippen molar-refractivity contribution in [1.82, 2.24) is 9.77 Å². The monoisotopic (exact) mass is 288 g/mol. The molecule has 0 N–H and O–H groups in total. The maximum absolute atomic E-state index is 13.5. The van der Waals surface area contributed by atoms with Crippen LogP contribution in [0.4, 0.5) is 4.48 Å². The third-order valence-electron chi connectivity index (χ3n) is 1.58. The minimum atomic E-state index is -0.763. The molecule has 0 saturated heterocycles. The summed E-state index contributed by atoms with van der Waals surface area (Å²) in [5.74, 6) is -0.763. The van der Waals surface area contributed by atoms with Gasteiger partial charge < -0.3 is 4.74 Å². The lowest BCUT2D eigenvalue weighted by atomic mass is 10.5. The van der Waals surface area contributed by atoms with Crippen LogP contribution >= 0.6 is 15.9 Å². The summed E-state index contributed by atoms with van der Waals surface area (Å²) in [5.41, 5.74) is -0.279. The minimum Gasteiger partial charge on any atom is -0.461 e. The first kappa shape index (κ1) is 12.6.